The van der Waals surface area contributed by atoms with Crippen LogP contribution >= 0.6 is 21.6 Å². The number of aryl methyl sites for hydroxylation is 1. The molecule has 7 aliphatic heterocycles. The van der Waals surface area contributed by atoms with E-state index in [1.54, 1.807) is 13.2 Å². The Morgan fingerprint density at radius 1 is 0.829 bits per heavy atom. The van der Waals surface area contributed by atoms with Crippen LogP contribution in [0.5, 0.6) is 28.7 Å². The molecule has 20 unspecified atom stereocenters. The highest BCUT2D eigenvalue weighted by molar-refractivity contribution is 8.77. The van der Waals surface area contributed by atoms with E-state index >= 15 is 0 Å². The van der Waals surface area contributed by atoms with E-state index in [2.05, 4.69) is 143 Å². The van der Waals surface area contributed by atoms with Crippen LogP contribution in [0.1, 0.15) is 169 Å². The second kappa shape index (κ2) is 26.5. The molecule has 5 aromatic carbocycles. The first-order valence-electron chi connectivity index (χ1n) is 38.7. The Hall–Kier alpha value is -7.39. The van der Waals surface area contributed by atoms with E-state index in [1.165, 1.54) is 30.0 Å². The number of rotatable bonds is 9. The number of aliphatic hydroxyl groups excluding tert-OH is 2. The number of carbonyl (C=O) groups excluding carboxylic acids is 1. The summed E-state index contributed by atoms with van der Waals surface area (Å²) in [7, 11) is 5.58. The molecule has 3 spiro atoms. The summed E-state index contributed by atoms with van der Waals surface area (Å²) in [6, 6.07) is 24.4. The first kappa shape index (κ1) is 68.2. The van der Waals surface area contributed by atoms with Crippen molar-refractivity contribution >= 4 is 33.6 Å². The summed E-state index contributed by atoms with van der Waals surface area (Å²) < 4.78 is 35.5. The molecule has 544 valence electrons. The molecular formula is C88H94N4O11S2. The molecule has 20 atom stereocenters. The quantitative estimate of drug-likeness (QED) is 0.0220. The highest BCUT2D eigenvalue weighted by Crippen LogP contribution is 2.73. The van der Waals surface area contributed by atoms with Gasteiger partial charge >= 0.3 is 5.97 Å². The summed E-state index contributed by atoms with van der Waals surface area (Å²) in [6.45, 7) is 0.902. The van der Waals surface area contributed by atoms with Gasteiger partial charge in [0.15, 0.2) is 18.3 Å². The Morgan fingerprint density at radius 2 is 1.71 bits per heavy atom. The summed E-state index contributed by atoms with van der Waals surface area (Å²) in [5.41, 5.74) is 16.6. The van der Waals surface area contributed by atoms with Crippen molar-refractivity contribution in [2.24, 2.45) is 46.7 Å². The van der Waals surface area contributed by atoms with E-state index in [0.717, 1.165) is 89.7 Å². The summed E-state index contributed by atoms with van der Waals surface area (Å²) in [5, 5.41) is 76.3. The number of aromatic hydroxyl groups is 2. The number of nitrogens with two attached hydrogens (primary N) is 1. The van der Waals surface area contributed by atoms with Gasteiger partial charge in [0.2, 0.25) is 0 Å². The van der Waals surface area contributed by atoms with Crippen LogP contribution in [0.3, 0.4) is 0 Å². The maximum atomic E-state index is 14.6. The molecule has 15 nitrogen and oxygen atoms in total. The second-order valence-corrected chi connectivity index (χ2v) is 35.7. The van der Waals surface area contributed by atoms with E-state index in [1.807, 2.05) is 33.7 Å². The zero-order valence-corrected chi connectivity index (χ0v) is 61.3. The molecule has 105 heavy (non-hydrogen) atoms. The minimum Gasteiger partial charge on any atom is -0.508 e. The molecule has 10 N–H and O–H groups in total. The number of carbonyl (C=O) groups is 1. The Bertz CT molecular complexity index is 4680. The molecule has 3 saturated carbocycles. The third-order valence-electron chi connectivity index (χ3n) is 27.5. The molecule has 0 aromatic heterocycles. The number of benzene rings is 5. The lowest BCUT2D eigenvalue weighted by Crippen LogP contribution is -2.63. The first-order chi connectivity index (χ1) is 51.2. The molecule has 5 aromatic rings. The van der Waals surface area contributed by atoms with Crippen molar-refractivity contribution in [2.45, 2.75) is 186 Å². The fourth-order valence-electron chi connectivity index (χ4n) is 23.1. The van der Waals surface area contributed by atoms with Crippen molar-refractivity contribution in [3.05, 3.63) is 188 Å². The van der Waals surface area contributed by atoms with Crippen LogP contribution in [0.4, 0.5) is 0 Å². The van der Waals surface area contributed by atoms with E-state index < -0.39 is 82.7 Å². The summed E-state index contributed by atoms with van der Waals surface area (Å²) in [5.74, 6) is 15.1. The van der Waals surface area contributed by atoms with Crippen molar-refractivity contribution in [2.75, 3.05) is 39.5 Å². The largest absolute Gasteiger partial charge is 0.508 e. The third kappa shape index (κ3) is 11.0. The number of nitrogens with one attached hydrogen (secondary N) is 3. The van der Waals surface area contributed by atoms with E-state index in [9.17, 15) is 30.3 Å². The molecule has 19 rings (SSSR count). The van der Waals surface area contributed by atoms with Gasteiger partial charge in [0.05, 0.1) is 47.3 Å². The van der Waals surface area contributed by atoms with Crippen LogP contribution in [-0.2, 0) is 50.8 Å². The Kier molecular flexibility index (Phi) is 17.2. The van der Waals surface area contributed by atoms with Gasteiger partial charge in [0.1, 0.15) is 42.0 Å². The predicted octanol–water partition coefficient (Wildman–Crippen LogP) is 12.6. The maximum Gasteiger partial charge on any atom is 0.302 e. The number of hydrogen-bond acceptors (Lipinski definition) is 17. The third-order valence-corrected chi connectivity index (χ3v) is 30.5. The Morgan fingerprint density at radius 3 is 2.57 bits per heavy atom. The van der Waals surface area contributed by atoms with Crippen molar-refractivity contribution in [1.29, 1.82) is 0 Å². The Labute approximate surface area is 623 Å². The number of dihydropyridines is 1. The molecular weight excluding hydrogens is 1350 g/mol. The number of phenolic OH excluding ortho intramolecular Hbond substituents is 2. The van der Waals surface area contributed by atoms with Gasteiger partial charge in [0.25, 0.3) is 0 Å². The number of ether oxygens (including phenoxy) is 5. The lowest BCUT2D eigenvalue weighted by atomic mass is 9.43. The van der Waals surface area contributed by atoms with Gasteiger partial charge in [-0.2, -0.15) is 0 Å². The second-order valence-electron chi connectivity index (χ2n) is 33.0. The standard InChI is InChI=1S/C88H94N4O11S2/c1-48(95)100-44-66-60-21-22-62-73-56(39-59(96)40-70(73)101-47-94)41-86-32-31-85(46-86)33-34-87(98)29-6-7-30-88(87)57-20-17-51-13-15-53-19-26-68-76-74(52(18-25-67-61(84(85)88)24-28-72(89)91-67)14-16-54(37-55(51)38-57)65(43-99-2)64(42-93)78(53)92-68)75(80(66)102-81(60)77(62)86)63-23-27-69-83(103-82(63)79(76)97)71(36-49-9-4-3-5-10-49)105-104-45-50-11-8-12-58(35-50)90-69/h3-5,9-10,17,19-24,26-28,33-34,38-40,50,52-54,58,64-66,68-69,71-72,78,80,83-84,90-94,96-98H,6-8,11-13,15,29-32,35-37,41-47,89H2,1-2H3. The van der Waals surface area contributed by atoms with E-state index in [-0.39, 0.29) is 65.8 Å². The van der Waals surface area contributed by atoms with Crippen LogP contribution < -0.4 is 35.9 Å². The molecule has 0 amide bonds. The number of methoxy groups -OCH3 is 1. The molecule has 7 aliphatic carbocycles. The predicted molar refractivity (Wildman–Crippen MR) is 407 cm³/mol. The van der Waals surface area contributed by atoms with Crippen LogP contribution in [0.15, 0.2) is 127 Å². The molecule has 4 fully saturated rings. The summed E-state index contributed by atoms with van der Waals surface area (Å²) in [6.07, 6.45) is 28.2. The zero-order chi connectivity index (χ0) is 71.3. The minimum atomic E-state index is -1.33. The van der Waals surface area contributed by atoms with Crippen LogP contribution in [-0.4, -0.2) is 112 Å². The number of aliphatic hydroxyl groups is 3. The average Bonchev–Trinajstić information content (AvgIpc) is 1.61. The normalized spacial score (nSPS) is 36.2. The van der Waals surface area contributed by atoms with Crippen LogP contribution in [0, 0.1) is 64.6 Å². The Balaban J connectivity index is 0.977. The van der Waals surface area contributed by atoms with Gasteiger partial charge in [0, 0.05) is 112 Å². The number of allylic oxidation sites excluding steroid dienone is 4. The summed E-state index contributed by atoms with van der Waals surface area (Å²) in [4.78, 5) is 13.8. The first-order valence-corrected chi connectivity index (χ1v) is 41.1. The van der Waals surface area contributed by atoms with Gasteiger partial charge in [-0.25, -0.2) is 0 Å². The van der Waals surface area contributed by atoms with Crippen LogP contribution in [0.25, 0.3) is 17.2 Å². The fourth-order valence-corrected chi connectivity index (χ4v) is 26.3. The van der Waals surface area contributed by atoms with Crippen molar-refractivity contribution in [3.63, 3.8) is 0 Å². The zero-order valence-electron chi connectivity index (χ0n) is 59.7. The SMILES string of the molecule is COCC1C2C#CC3C#CC4=C(C=CC(N)N4)C4C56C=CC7(O)CCCCC47c4ccc(c(c4)C2)CCC2C=CC(NC2C1CO)c1c(O)c2c(c(c13)C1Oc3c(ccc4c3C(CC5)(Cc3cc(O)cc(OCO)c3-4)C6)C1COC(C)=O)C=CC1NC3CCCC(CSSC(Cc4ccccc4)C1O2)C3. The van der Waals surface area contributed by atoms with Gasteiger partial charge in [-0.3, -0.25) is 4.79 Å². The lowest BCUT2D eigenvalue weighted by molar-refractivity contribution is -0.141. The molecule has 14 aliphatic rings. The number of esters is 1. The smallest absolute Gasteiger partial charge is 0.302 e. The van der Waals surface area contributed by atoms with Crippen LogP contribution in [0.2, 0.25) is 0 Å². The van der Waals surface area contributed by atoms with Gasteiger partial charge in [-0.1, -0.05) is 162 Å². The fraction of sp³-hybridized carbons (Fsp3) is 0.489. The monoisotopic (exact) mass is 1450 g/mol. The molecule has 7 heterocycles. The van der Waals surface area contributed by atoms with E-state index in [0.29, 0.717) is 109 Å². The van der Waals surface area contributed by atoms with E-state index in [4.69, 9.17) is 29.4 Å². The summed E-state index contributed by atoms with van der Waals surface area (Å²) >= 11 is 0. The lowest BCUT2D eigenvalue weighted by Gasteiger charge is -2.62. The molecule has 1 saturated heterocycles. The number of phenols is 2. The number of hydrogen-bond donors (Lipinski definition) is 9. The van der Waals surface area contributed by atoms with Crippen molar-refractivity contribution < 1.29 is 54.0 Å². The maximum absolute atomic E-state index is 14.6. The van der Waals surface area contributed by atoms with Crippen molar-refractivity contribution in [1.82, 2.24) is 16.0 Å². The molecule has 13 bridgehead atoms. The minimum absolute atomic E-state index is 0.0247. The number of fused-ring (bicyclic) bond motifs is 13. The molecule has 0 radical (unpaired) electrons. The topological polar surface area (TPSA) is 226 Å². The van der Waals surface area contributed by atoms with Gasteiger partial charge in [-0.05, 0) is 163 Å². The average molecular weight is 1450 g/mol. The molecule has 17 heteroatoms. The van der Waals surface area contributed by atoms with Gasteiger partial charge < -0.3 is 70.9 Å². The van der Waals surface area contributed by atoms with Crippen molar-refractivity contribution in [3.8, 4) is 63.6 Å². The highest BCUT2D eigenvalue weighted by Gasteiger charge is 2.68. The van der Waals surface area contributed by atoms with Gasteiger partial charge in [-0.15, -0.1) is 0 Å². The highest BCUT2D eigenvalue weighted by atomic mass is 33.1.